The average molecular weight is 512 g/mol. The molecule has 2 aromatic heterocycles. The van der Waals surface area contributed by atoms with Crippen LogP contribution in [0.2, 0.25) is 0 Å². The maximum atomic E-state index is 12.7. The number of hydrogen-bond donors (Lipinski definition) is 1. The molecule has 8 heteroatoms. The van der Waals surface area contributed by atoms with E-state index in [1.54, 1.807) is 0 Å². The smallest absolute Gasteiger partial charge is 0.240 e. The third-order valence-electron chi connectivity index (χ3n) is 6.90. The number of benzene rings is 3. The number of nitrogens with zero attached hydrogens (tertiary/aromatic N) is 4. The highest BCUT2D eigenvalue weighted by Gasteiger charge is 2.23. The highest BCUT2D eigenvalue weighted by atomic mass is 32.1. The molecule has 0 atom stereocenters. The van der Waals surface area contributed by atoms with E-state index >= 15 is 0 Å². The van der Waals surface area contributed by atoms with Crippen molar-refractivity contribution < 1.29 is 9.53 Å². The second kappa shape index (κ2) is 10.7. The molecule has 3 heterocycles. The molecule has 1 aliphatic rings. The van der Waals surface area contributed by atoms with Gasteiger partial charge in [0.25, 0.3) is 0 Å². The lowest BCUT2D eigenvalue weighted by Gasteiger charge is -2.31. The maximum Gasteiger partial charge on any atom is 0.240 e. The molecule has 1 fully saturated rings. The lowest BCUT2D eigenvalue weighted by atomic mass is 9.96. The number of nitrogens with one attached hydrogen (secondary N) is 1. The van der Waals surface area contributed by atoms with Crippen molar-refractivity contribution in [1.29, 1.82) is 0 Å². The van der Waals surface area contributed by atoms with Crippen LogP contribution in [-0.2, 0) is 17.9 Å². The third kappa shape index (κ3) is 5.50. The van der Waals surface area contributed by atoms with Gasteiger partial charge in [0.1, 0.15) is 18.2 Å². The first kappa shape index (κ1) is 23.6. The van der Waals surface area contributed by atoms with Gasteiger partial charge in [-0.1, -0.05) is 53.8 Å². The SMILES string of the molecule is O=C(CN1CCC(Cn2c(COc3ccccc3)nc3ccccc32)CC1)Nc1nc2ccccc2s1. The summed E-state index contributed by atoms with van der Waals surface area (Å²) in [5.41, 5.74) is 3.06. The number of para-hydroxylation sites is 4. The van der Waals surface area contributed by atoms with Crippen LogP contribution in [0.4, 0.5) is 5.13 Å². The Balaban J connectivity index is 1.06. The van der Waals surface area contributed by atoms with E-state index in [2.05, 4.69) is 38.0 Å². The summed E-state index contributed by atoms with van der Waals surface area (Å²) in [6, 6.07) is 26.1. The van der Waals surface area contributed by atoms with Crippen molar-refractivity contribution in [3.8, 4) is 5.75 Å². The zero-order valence-corrected chi connectivity index (χ0v) is 21.4. The van der Waals surface area contributed by atoms with Crippen LogP contribution < -0.4 is 10.1 Å². The summed E-state index contributed by atoms with van der Waals surface area (Å²) < 4.78 is 9.44. The van der Waals surface area contributed by atoms with Crippen molar-refractivity contribution in [3.63, 3.8) is 0 Å². The normalized spacial score (nSPS) is 14.8. The Hall–Kier alpha value is -3.75. The lowest BCUT2D eigenvalue weighted by Crippen LogP contribution is -2.40. The summed E-state index contributed by atoms with van der Waals surface area (Å²) in [5.74, 6) is 2.32. The Bertz CT molecular complexity index is 1470. The predicted molar refractivity (Wildman–Crippen MR) is 148 cm³/mol. The Morgan fingerprint density at radius 2 is 1.65 bits per heavy atom. The minimum atomic E-state index is -0.00143. The summed E-state index contributed by atoms with van der Waals surface area (Å²) in [6.45, 7) is 3.54. The van der Waals surface area contributed by atoms with E-state index in [-0.39, 0.29) is 5.91 Å². The minimum absolute atomic E-state index is 0.00143. The molecule has 3 aromatic carbocycles. The van der Waals surface area contributed by atoms with E-state index in [1.165, 1.54) is 11.3 Å². The fourth-order valence-corrected chi connectivity index (χ4v) is 5.86. The number of piperidine rings is 1. The first-order valence-corrected chi connectivity index (χ1v) is 13.5. The number of carbonyl (C=O) groups excluding carboxylic acids is 1. The number of amides is 1. The zero-order valence-electron chi connectivity index (χ0n) is 20.5. The van der Waals surface area contributed by atoms with Crippen LogP contribution >= 0.6 is 11.3 Å². The summed E-state index contributed by atoms with van der Waals surface area (Å²) in [6.07, 6.45) is 2.08. The molecule has 0 bridgehead atoms. The molecule has 0 unspecified atom stereocenters. The molecule has 37 heavy (non-hydrogen) atoms. The van der Waals surface area contributed by atoms with Gasteiger partial charge in [-0.2, -0.15) is 0 Å². The van der Waals surface area contributed by atoms with Gasteiger partial charge in [0.15, 0.2) is 5.13 Å². The molecule has 1 aliphatic heterocycles. The number of aromatic nitrogens is 3. The second-order valence-electron chi connectivity index (χ2n) is 9.48. The maximum absolute atomic E-state index is 12.7. The average Bonchev–Trinajstić information content (AvgIpc) is 3.49. The van der Waals surface area contributed by atoms with Crippen molar-refractivity contribution in [3.05, 3.63) is 84.7 Å². The lowest BCUT2D eigenvalue weighted by molar-refractivity contribution is -0.117. The monoisotopic (exact) mass is 511 g/mol. The van der Waals surface area contributed by atoms with Crippen molar-refractivity contribution in [1.82, 2.24) is 19.4 Å². The molecule has 188 valence electrons. The molecule has 0 saturated carbocycles. The molecule has 0 spiro atoms. The third-order valence-corrected chi connectivity index (χ3v) is 7.85. The molecule has 5 aromatic rings. The number of ether oxygens (including phenoxy) is 1. The first-order valence-electron chi connectivity index (χ1n) is 12.7. The minimum Gasteiger partial charge on any atom is -0.486 e. The van der Waals surface area contributed by atoms with Gasteiger partial charge >= 0.3 is 0 Å². The summed E-state index contributed by atoms with van der Waals surface area (Å²) in [7, 11) is 0. The van der Waals surface area contributed by atoms with Gasteiger partial charge < -0.3 is 14.6 Å². The summed E-state index contributed by atoms with van der Waals surface area (Å²) in [4.78, 5) is 24.3. The van der Waals surface area contributed by atoms with Crippen molar-refractivity contribution in [2.24, 2.45) is 5.92 Å². The molecule has 0 aliphatic carbocycles. The molecule has 0 radical (unpaired) electrons. The van der Waals surface area contributed by atoms with Gasteiger partial charge in [-0.05, 0) is 68.2 Å². The Kier molecular flexibility index (Phi) is 6.84. The number of rotatable bonds is 8. The Morgan fingerprint density at radius 1 is 0.919 bits per heavy atom. The van der Waals surface area contributed by atoms with Crippen LogP contribution in [0.15, 0.2) is 78.9 Å². The van der Waals surface area contributed by atoms with Crippen LogP contribution in [0.3, 0.4) is 0 Å². The van der Waals surface area contributed by atoms with Gasteiger partial charge in [0.05, 0.1) is 27.8 Å². The second-order valence-corrected chi connectivity index (χ2v) is 10.5. The molecule has 1 amide bonds. The van der Waals surface area contributed by atoms with Gasteiger partial charge in [0, 0.05) is 6.54 Å². The first-order chi connectivity index (χ1) is 18.2. The summed E-state index contributed by atoms with van der Waals surface area (Å²) >= 11 is 1.51. The van der Waals surface area contributed by atoms with Crippen LogP contribution in [0.5, 0.6) is 5.75 Å². The standard InChI is InChI=1S/C29H29N5O2S/c35-28(32-29-31-24-11-5-7-13-26(24)37-29)19-33-16-14-21(15-17-33)18-34-25-12-6-4-10-23(25)30-27(34)20-36-22-8-2-1-3-9-22/h1-13,21H,14-20H2,(H,31,32,35). The molecule has 1 saturated heterocycles. The Labute approximate surface area is 219 Å². The van der Waals surface area contributed by atoms with E-state index in [0.717, 1.165) is 65.3 Å². The van der Waals surface area contributed by atoms with E-state index in [4.69, 9.17) is 9.72 Å². The number of likely N-dealkylation sites (tertiary alicyclic amines) is 1. The highest BCUT2D eigenvalue weighted by molar-refractivity contribution is 7.22. The van der Waals surface area contributed by atoms with Gasteiger partial charge in [-0.3, -0.25) is 9.69 Å². The van der Waals surface area contributed by atoms with Crippen LogP contribution in [-0.4, -0.2) is 45.0 Å². The quantitative estimate of drug-likeness (QED) is 0.295. The van der Waals surface area contributed by atoms with Crippen LogP contribution in [0.25, 0.3) is 21.3 Å². The van der Waals surface area contributed by atoms with E-state index in [9.17, 15) is 4.79 Å². The van der Waals surface area contributed by atoms with Crippen LogP contribution in [0, 0.1) is 5.92 Å². The molecule has 7 nitrogen and oxygen atoms in total. The van der Waals surface area contributed by atoms with Gasteiger partial charge in [-0.15, -0.1) is 0 Å². The number of anilines is 1. The molecule has 1 N–H and O–H groups in total. The van der Waals surface area contributed by atoms with E-state index in [1.807, 2.05) is 60.7 Å². The van der Waals surface area contributed by atoms with Crippen LogP contribution in [0.1, 0.15) is 18.7 Å². The highest BCUT2D eigenvalue weighted by Crippen LogP contribution is 2.26. The predicted octanol–water partition coefficient (Wildman–Crippen LogP) is 5.58. The van der Waals surface area contributed by atoms with Crippen molar-refractivity contribution in [2.75, 3.05) is 25.0 Å². The van der Waals surface area contributed by atoms with Crippen molar-refractivity contribution in [2.45, 2.75) is 26.0 Å². The van der Waals surface area contributed by atoms with E-state index < -0.39 is 0 Å². The molecular formula is C29H29N5O2S. The number of hydrogen-bond acceptors (Lipinski definition) is 6. The molecule has 6 rings (SSSR count). The summed E-state index contributed by atoms with van der Waals surface area (Å²) in [5, 5.41) is 3.65. The number of thiazole rings is 1. The fraction of sp³-hybridized carbons (Fsp3) is 0.276. The Morgan fingerprint density at radius 3 is 2.46 bits per heavy atom. The van der Waals surface area contributed by atoms with Gasteiger partial charge in [0.2, 0.25) is 5.91 Å². The topological polar surface area (TPSA) is 72.3 Å². The number of imidazole rings is 1. The number of carbonyl (C=O) groups is 1. The number of fused-ring (bicyclic) bond motifs is 2. The molecular weight excluding hydrogens is 482 g/mol. The zero-order chi connectivity index (χ0) is 25.0. The van der Waals surface area contributed by atoms with Crippen molar-refractivity contribution >= 4 is 43.6 Å². The fourth-order valence-electron chi connectivity index (χ4n) is 4.98. The largest absolute Gasteiger partial charge is 0.486 e. The van der Waals surface area contributed by atoms with Gasteiger partial charge in [-0.25, -0.2) is 9.97 Å². The van der Waals surface area contributed by atoms with E-state index in [0.29, 0.717) is 24.2 Å².